The number of carbonyl (C=O) groups excluding carboxylic acids is 1. The number of rotatable bonds is 4. The maximum absolute atomic E-state index is 11.8. The lowest BCUT2D eigenvalue weighted by Gasteiger charge is -2.15. The van der Waals surface area contributed by atoms with Crippen LogP contribution in [0.5, 0.6) is 0 Å². The zero-order valence-corrected chi connectivity index (χ0v) is 11.8. The predicted octanol–water partition coefficient (Wildman–Crippen LogP) is 4.15. The number of benzene rings is 2. The van der Waals surface area contributed by atoms with Crippen molar-refractivity contribution in [2.45, 2.75) is 19.9 Å². The van der Waals surface area contributed by atoms with Crippen molar-refractivity contribution >= 4 is 16.7 Å². The highest BCUT2D eigenvalue weighted by Crippen LogP contribution is 2.23. The summed E-state index contributed by atoms with van der Waals surface area (Å²) in [6.07, 6.45) is 7.01. The topological polar surface area (TPSA) is 29.1 Å². The van der Waals surface area contributed by atoms with Crippen LogP contribution in [0.4, 0.5) is 0 Å². The third-order valence-corrected chi connectivity index (χ3v) is 3.20. The molecule has 2 heteroatoms. The van der Waals surface area contributed by atoms with Crippen molar-refractivity contribution < 1.29 is 4.79 Å². The average molecular weight is 265 g/mol. The average Bonchev–Trinajstić information content (AvgIpc) is 2.47. The molecule has 0 heterocycles. The molecule has 2 nitrogen and oxygen atoms in total. The summed E-state index contributed by atoms with van der Waals surface area (Å²) in [5.74, 6) is -0.0801. The Balaban J connectivity index is 2.19. The Kier molecular flexibility index (Phi) is 4.72. The van der Waals surface area contributed by atoms with Gasteiger partial charge in [0.05, 0.1) is 6.04 Å². The lowest BCUT2D eigenvalue weighted by Crippen LogP contribution is -2.24. The minimum Gasteiger partial charge on any atom is -0.346 e. The minimum atomic E-state index is -0.0801. The maximum Gasteiger partial charge on any atom is 0.244 e. The summed E-state index contributed by atoms with van der Waals surface area (Å²) in [6.45, 7) is 3.92. The highest BCUT2D eigenvalue weighted by atomic mass is 16.1. The number of hydrogen-bond donors (Lipinski definition) is 1. The molecule has 102 valence electrons. The van der Waals surface area contributed by atoms with E-state index in [1.807, 2.05) is 44.2 Å². The molecule has 2 aromatic rings. The summed E-state index contributed by atoms with van der Waals surface area (Å²) in [4.78, 5) is 11.8. The second-order valence-electron chi connectivity index (χ2n) is 4.68. The minimum absolute atomic E-state index is 0.0242. The van der Waals surface area contributed by atoms with Crippen LogP contribution >= 0.6 is 0 Å². The molecule has 0 aliphatic rings. The van der Waals surface area contributed by atoms with Crippen LogP contribution in [-0.4, -0.2) is 5.91 Å². The van der Waals surface area contributed by atoms with Crippen molar-refractivity contribution in [1.29, 1.82) is 0 Å². The molecule has 2 aromatic carbocycles. The molecule has 0 fully saturated rings. The third kappa shape index (κ3) is 3.35. The fourth-order valence-corrected chi connectivity index (χ4v) is 2.22. The first-order valence-corrected chi connectivity index (χ1v) is 6.80. The van der Waals surface area contributed by atoms with Gasteiger partial charge in [-0.1, -0.05) is 60.7 Å². The van der Waals surface area contributed by atoms with Gasteiger partial charge in [-0.2, -0.15) is 0 Å². The van der Waals surface area contributed by atoms with Gasteiger partial charge in [-0.05, 0) is 30.2 Å². The Hall–Kier alpha value is -2.35. The van der Waals surface area contributed by atoms with E-state index >= 15 is 0 Å². The molecule has 0 aromatic heterocycles. The molecule has 2 rings (SSSR count). The number of fused-ring (bicyclic) bond motifs is 1. The van der Waals surface area contributed by atoms with E-state index in [0.717, 1.165) is 5.56 Å². The normalized spacial score (nSPS) is 13.1. The summed E-state index contributed by atoms with van der Waals surface area (Å²) in [5, 5.41) is 5.36. The van der Waals surface area contributed by atoms with Crippen molar-refractivity contribution in [2.75, 3.05) is 0 Å². The van der Waals surface area contributed by atoms with Gasteiger partial charge in [-0.25, -0.2) is 0 Å². The first kappa shape index (κ1) is 14.1. The fourth-order valence-electron chi connectivity index (χ4n) is 2.22. The highest BCUT2D eigenvalue weighted by molar-refractivity contribution is 5.90. The second kappa shape index (κ2) is 6.71. The zero-order valence-electron chi connectivity index (χ0n) is 11.8. The molecule has 1 amide bonds. The fraction of sp³-hybridized carbons (Fsp3) is 0.167. The second-order valence-corrected chi connectivity index (χ2v) is 4.68. The SMILES string of the molecule is CC=CC=CC(=O)NC(C)c1cccc2ccccc12. The van der Waals surface area contributed by atoms with E-state index in [0.29, 0.717) is 0 Å². The van der Waals surface area contributed by atoms with Crippen LogP contribution in [0.1, 0.15) is 25.5 Å². The van der Waals surface area contributed by atoms with Crippen LogP contribution in [0.3, 0.4) is 0 Å². The Morgan fingerprint density at radius 3 is 2.65 bits per heavy atom. The van der Waals surface area contributed by atoms with Gasteiger partial charge in [0.15, 0.2) is 0 Å². The zero-order chi connectivity index (χ0) is 14.4. The van der Waals surface area contributed by atoms with Crippen molar-refractivity contribution in [3.8, 4) is 0 Å². The molecule has 0 saturated heterocycles. The highest BCUT2D eigenvalue weighted by Gasteiger charge is 2.10. The van der Waals surface area contributed by atoms with E-state index in [2.05, 4.69) is 29.6 Å². The number of hydrogen-bond acceptors (Lipinski definition) is 1. The summed E-state index contributed by atoms with van der Waals surface area (Å²) in [6, 6.07) is 14.4. The summed E-state index contributed by atoms with van der Waals surface area (Å²) >= 11 is 0. The standard InChI is InChI=1S/C18H19NO/c1-3-4-5-13-18(20)19-14(2)16-12-8-10-15-9-6-7-11-17(15)16/h3-14H,1-2H3,(H,19,20). The molecular weight excluding hydrogens is 246 g/mol. The molecule has 0 spiro atoms. The Bertz CT molecular complexity index is 650. The summed E-state index contributed by atoms with van der Waals surface area (Å²) in [5.41, 5.74) is 1.14. The number of nitrogens with one attached hydrogen (secondary N) is 1. The van der Waals surface area contributed by atoms with Gasteiger partial charge in [-0.3, -0.25) is 4.79 Å². The molecule has 0 aliphatic carbocycles. The molecular formula is C18H19NO. The van der Waals surface area contributed by atoms with E-state index in [1.165, 1.54) is 10.8 Å². The number of amides is 1. The summed E-state index contributed by atoms with van der Waals surface area (Å²) < 4.78 is 0. The first-order valence-electron chi connectivity index (χ1n) is 6.80. The maximum atomic E-state index is 11.8. The Morgan fingerprint density at radius 1 is 1.10 bits per heavy atom. The Labute approximate surface area is 119 Å². The van der Waals surface area contributed by atoms with Gasteiger partial charge >= 0.3 is 0 Å². The van der Waals surface area contributed by atoms with Gasteiger partial charge in [0.2, 0.25) is 5.91 Å². The third-order valence-electron chi connectivity index (χ3n) is 3.20. The van der Waals surface area contributed by atoms with Crippen LogP contribution in [0.15, 0.2) is 66.8 Å². The van der Waals surface area contributed by atoms with Crippen LogP contribution in [0.2, 0.25) is 0 Å². The molecule has 1 N–H and O–H groups in total. The lowest BCUT2D eigenvalue weighted by atomic mass is 10.00. The summed E-state index contributed by atoms with van der Waals surface area (Å²) in [7, 11) is 0. The molecule has 20 heavy (non-hydrogen) atoms. The van der Waals surface area contributed by atoms with Gasteiger partial charge in [0, 0.05) is 6.08 Å². The molecule has 1 atom stereocenters. The van der Waals surface area contributed by atoms with Crippen LogP contribution in [-0.2, 0) is 4.79 Å². The van der Waals surface area contributed by atoms with Crippen molar-refractivity contribution in [3.63, 3.8) is 0 Å². The Morgan fingerprint density at radius 2 is 1.85 bits per heavy atom. The monoisotopic (exact) mass is 265 g/mol. The molecule has 0 bridgehead atoms. The van der Waals surface area contributed by atoms with Crippen molar-refractivity contribution in [1.82, 2.24) is 5.32 Å². The molecule has 0 aliphatic heterocycles. The van der Waals surface area contributed by atoms with Gasteiger partial charge in [-0.15, -0.1) is 0 Å². The first-order chi connectivity index (χ1) is 9.72. The van der Waals surface area contributed by atoms with Crippen molar-refractivity contribution in [2.24, 2.45) is 0 Å². The van der Waals surface area contributed by atoms with E-state index < -0.39 is 0 Å². The van der Waals surface area contributed by atoms with Gasteiger partial charge in [0.1, 0.15) is 0 Å². The molecule has 0 radical (unpaired) electrons. The molecule has 0 saturated carbocycles. The van der Waals surface area contributed by atoms with Crippen LogP contribution < -0.4 is 5.32 Å². The van der Waals surface area contributed by atoms with Crippen LogP contribution in [0.25, 0.3) is 10.8 Å². The van der Waals surface area contributed by atoms with E-state index in [9.17, 15) is 4.79 Å². The largest absolute Gasteiger partial charge is 0.346 e. The van der Waals surface area contributed by atoms with Crippen LogP contribution in [0, 0.1) is 0 Å². The van der Waals surface area contributed by atoms with E-state index in [4.69, 9.17) is 0 Å². The van der Waals surface area contributed by atoms with E-state index in [-0.39, 0.29) is 11.9 Å². The molecule has 1 unspecified atom stereocenters. The van der Waals surface area contributed by atoms with Gasteiger partial charge in [0.25, 0.3) is 0 Å². The smallest absolute Gasteiger partial charge is 0.244 e. The quantitative estimate of drug-likeness (QED) is 0.653. The predicted molar refractivity (Wildman–Crippen MR) is 84.5 cm³/mol. The van der Waals surface area contributed by atoms with Gasteiger partial charge < -0.3 is 5.32 Å². The number of allylic oxidation sites excluding steroid dienone is 3. The number of carbonyl (C=O) groups is 1. The van der Waals surface area contributed by atoms with E-state index in [1.54, 1.807) is 12.2 Å². The van der Waals surface area contributed by atoms with Crippen molar-refractivity contribution in [3.05, 3.63) is 72.3 Å². The lowest BCUT2D eigenvalue weighted by molar-refractivity contribution is -0.117.